The number of aromatic nitrogens is 2. The summed E-state index contributed by atoms with van der Waals surface area (Å²) in [5, 5.41) is 6.68. The predicted molar refractivity (Wildman–Crippen MR) is 82.1 cm³/mol. The first-order valence-corrected chi connectivity index (χ1v) is 6.99. The number of nitrogens with one attached hydrogen (secondary N) is 1. The largest absolute Gasteiger partial charge is 0.341 e. The zero-order chi connectivity index (χ0) is 15.4. The zero-order valence-corrected chi connectivity index (χ0v) is 12.1. The lowest BCUT2D eigenvalue weighted by molar-refractivity contribution is 0.0895. The highest BCUT2D eigenvalue weighted by Gasteiger charge is 2.18. The van der Waals surface area contributed by atoms with Crippen molar-refractivity contribution in [1.29, 1.82) is 0 Å². The summed E-state index contributed by atoms with van der Waals surface area (Å²) in [4.78, 5) is 16.3. The summed E-state index contributed by atoms with van der Waals surface area (Å²) in [5.41, 5.74) is 1.82. The molecule has 0 aliphatic heterocycles. The third-order valence-electron chi connectivity index (χ3n) is 3.30. The van der Waals surface area contributed by atoms with Crippen molar-refractivity contribution >= 4 is 5.91 Å². The number of benzene rings is 2. The summed E-state index contributed by atoms with van der Waals surface area (Å²) in [6.07, 6.45) is 0. The van der Waals surface area contributed by atoms with Crippen LogP contribution in [0.1, 0.15) is 29.2 Å². The van der Waals surface area contributed by atoms with E-state index in [-0.39, 0.29) is 17.8 Å². The summed E-state index contributed by atoms with van der Waals surface area (Å²) in [6, 6.07) is 18.9. The standard InChI is InChI=1S/C17H15N3O2/c1-12(13-8-4-2-5-9-13)18-16(21)17-19-15(20-22-17)14-10-6-3-7-11-14/h2-12H,1H3,(H,18,21)/t12-/m1/s1. The van der Waals surface area contributed by atoms with Crippen LogP contribution in [0, 0.1) is 0 Å². The zero-order valence-electron chi connectivity index (χ0n) is 12.1. The van der Waals surface area contributed by atoms with Crippen molar-refractivity contribution in [2.45, 2.75) is 13.0 Å². The fraction of sp³-hybridized carbons (Fsp3) is 0.118. The van der Waals surface area contributed by atoms with Gasteiger partial charge in [0.2, 0.25) is 5.82 Å². The lowest BCUT2D eigenvalue weighted by Gasteiger charge is -2.12. The molecule has 5 nitrogen and oxygen atoms in total. The van der Waals surface area contributed by atoms with Crippen molar-refractivity contribution in [3.05, 3.63) is 72.1 Å². The maximum absolute atomic E-state index is 12.2. The van der Waals surface area contributed by atoms with E-state index >= 15 is 0 Å². The van der Waals surface area contributed by atoms with Crippen LogP contribution in [0.3, 0.4) is 0 Å². The van der Waals surface area contributed by atoms with Crippen molar-refractivity contribution in [3.63, 3.8) is 0 Å². The van der Waals surface area contributed by atoms with Gasteiger partial charge in [-0.05, 0) is 12.5 Å². The molecule has 0 aliphatic rings. The lowest BCUT2D eigenvalue weighted by Crippen LogP contribution is -2.26. The van der Waals surface area contributed by atoms with Gasteiger partial charge in [-0.1, -0.05) is 65.8 Å². The molecule has 0 spiro atoms. The molecule has 1 N–H and O–H groups in total. The molecular weight excluding hydrogens is 278 g/mol. The third kappa shape index (κ3) is 3.03. The second-order valence-corrected chi connectivity index (χ2v) is 4.89. The summed E-state index contributed by atoms with van der Waals surface area (Å²) in [5.74, 6) is -0.0224. The van der Waals surface area contributed by atoms with Crippen LogP contribution < -0.4 is 5.32 Å². The molecule has 0 radical (unpaired) electrons. The molecule has 0 bridgehead atoms. The molecule has 0 saturated carbocycles. The monoisotopic (exact) mass is 293 g/mol. The molecule has 2 aromatic carbocycles. The SMILES string of the molecule is C[C@@H](NC(=O)c1nc(-c2ccccc2)no1)c1ccccc1. The van der Waals surface area contributed by atoms with Gasteiger partial charge in [-0.2, -0.15) is 4.98 Å². The molecule has 1 heterocycles. The highest BCUT2D eigenvalue weighted by Crippen LogP contribution is 2.16. The minimum Gasteiger partial charge on any atom is -0.341 e. The average molecular weight is 293 g/mol. The molecule has 0 unspecified atom stereocenters. The van der Waals surface area contributed by atoms with Crippen molar-refractivity contribution in [2.24, 2.45) is 0 Å². The second kappa shape index (κ2) is 6.22. The van der Waals surface area contributed by atoms with Crippen molar-refractivity contribution in [2.75, 3.05) is 0 Å². The fourth-order valence-electron chi connectivity index (χ4n) is 2.10. The molecule has 0 fully saturated rings. The van der Waals surface area contributed by atoms with Gasteiger partial charge in [-0.15, -0.1) is 0 Å². The van der Waals surface area contributed by atoms with Crippen LogP contribution in [-0.4, -0.2) is 16.0 Å². The Morgan fingerprint density at radius 3 is 2.36 bits per heavy atom. The highest BCUT2D eigenvalue weighted by molar-refractivity contribution is 5.90. The van der Waals surface area contributed by atoms with Crippen LogP contribution in [-0.2, 0) is 0 Å². The molecule has 1 atom stereocenters. The van der Waals surface area contributed by atoms with Crippen LogP contribution >= 0.6 is 0 Å². The van der Waals surface area contributed by atoms with E-state index in [4.69, 9.17) is 4.52 Å². The highest BCUT2D eigenvalue weighted by atomic mass is 16.5. The lowest BCUT2D eigenvalue weighted by atomic mass is 10.1. The number of amides is 1. The molecule has 3 rings (SSSR count). The minimum atomic E-state index is -0.383. The van der Waals surface area contributed by atoms with Gasteiger partial charge in [-0.3, -0.25) is 4.79 Å². The van der Waals surface area contributed by atoms with Gasteiger partial charge in [-0.25, -0.2) is 0 Å². The molecule has 0 saturated heterocycles. The minimum absolute atomic E-state index is 0.0402. The van der Waals surface area contributed by atoms with Gasteiger partial charge < -0.3 is 9.84 Å². The normalized spacial score (nSPS) is 11.9. The Morgan fingerprint density at radius 2 is 1.68 bits per heavy atom. The molecule has 0 aliphatic carbocycles. The van der Waals surface area contributed by atoms with E-state index in [9.17, 15) is 4.79 Å². The van der Waals surface area contributed by atoms with Gasteiger partial charge in [0, 0.05) is 5.56 Å². The smallest absolute Gasteiger partial charge is 0.316 e. The maximum atomic E-state index is 12.2. The Kier molecular flexibility index (Phi) is 3.96. The number of carbonyl (C=O) groups is 1. The third-order valence-corrected chi connectivity index (χ3v) is 3.30. The van der Waals surface area contributed by atoms with Gasteiger partial charge in [0.25, 0.3) is 0 Å². The Morgan fingerprint density at radius 1 is 1.05 bits per heavy atom. The number of rotatable bonds is 4. The van der Waals surface area contributed by atoms with Crippen molar-refractivity contribution in [1.82, 2.24) is 15.5 Å². The molecule has 1 amide bonds. The first kappa shape index (κ1) is 14.0. The van der Waals surface area contributed by atoms with E-state index < -0.39 is 0 Å². The van der Waals surface area contributed by atoms with E-state index in [0.29, 0.717) is 5.82 Å². The quantitative estimate of drug-likeness (QED) is 0.802. The Hall–Kier alpha value is -2.95. The van der Waals surface area contributed by atoms with Gasteiger partial charge in [0.05, 0.1) is 6.04 Å². The number of hydrogen-bond acceptors (Lipinski definition) is 4. The molecule has 1 aromatic heterocycles. The molecule has 110 valence electrons. The topological polar surface area (TPSA) is 68.0 Å². The van der Waals surface area contributed by atoms with Crippen LogP contribution in [0.2, 0.25) is 0 Å². The Balaban J connectivity index is 1.72. The second-order valence-electron chi connectivity index (χ2n) is 4.89. The van der Waals surface area contributed by atoms with E-state index in [0.717, 1.165) is 11.1 Å². The molecule has 3 aromatic rings. The molecule has 5 heteroatoms. The predicted octanol–water partition coefficient (Wildman–Crippen LogP) is 3.23. The Labute approximate surface area is 128 Å². The summed E-state index contributed by atoms with van der Waals surface area (Å²) in [7, 11) is 0. The van der Waals surface area contributed by atoms with Gasteiger partial charge in [0.1, 0.15) is 0 Å². The number of nitrogens with zero attached hydrogens (tertiary/aromatic N) is 2. The van der Waals surface area contributed by atoms with Crippen LogP contribution in [0.15, 0.2) is 65.2 Å². The van der Waals surface area contributed by atoms with Crippen LogP contribution in [0.4, 0.5) is 0 Å². The van der Waals surface area contributed by atoms with Crippen LogP contribution in [0.25, 0.3) is 11.4 Å². The number of carbonyl (C=O) groups excluding carboxylic acids is 1. The van der Waals surface area contributed by atoms with E-state index in [1.165, 1.54) is 0 Å². The maximum Gasteiger partial charge on any atom is 0.316 e. The van der Waals surface area contributed by atoms with Crippen molar-refractivity contribution in [3.8, 4) is 11.4 Å². The van der Waals surface area contributed by atoms with E-state index in [2.05, 4.69) is 15.5 Å². The summed E-state index contributed by atoms with van der Waals surface area (Å²) >= 11 is 0. The average Bonchev–Trinajstić information content (AvgIpc) is 3.06. The summed E-state index contributed by atoms with van der Waals surface area (Å²) < 4.78 is 5.04. The van der Waals surface area contributed by atoms with E-state index in [1.54, 1.807) is 0 Å². The van der Waals surface area contributed by atoms with Gasteiger partial charge in [0.15, 0.2) is 0 Å². The van der Waals surface area contributed by atoms with Crippen molar-refractivity contribution < 1.29 is 9.32 Å². The molecule has 22 heavy (non-hydrogen) atoms. The first-order valence-electron chi connectivity index (χ1n) is 6.99. The van der Waals surface area contributed by atoms with Crippen LogP contribution in [0.5, 0.6) is 0 Å². The first-order chi connectivity index (χ1) is 10.7. The Bertz CT molecular complexity index is 754. The fourth-order valence-corrected chi connectivity index (χ4v) is 2.10. The van der Waals surface area contributed by atoms with E-state index in [1.807, 2.05) is 67.6 Å². The molecular formula is C17H15N3O2. The number of hydrogen-bond donors (Lipinski definition) is 1. The summed E-state index contributed by atoms with van der Waals surface area (Å²) in [6.45, 7) is 1.90. The van der Waals surface area contributed by atoms with Gasteiger partial charge >= 0.3 is 11.8 Å².